The molecule has 0 spiro atoms. The molecule has 0 bridgehead atoms. The van der Waals surface area contributed by atoms with Crippen LogP contribution in [0.3, 0.4) is 0 Å². The van der Waals surface area contributed by atoms with E-state index < -0.39 is 0 Å². The van der Waals surface area contributed by atoms with Crippen molar-refractivity contribution in [3.8, 4) is 5.75 Å². The highest BCUT2D eigenvalue weighted by atomic mass is 79.9. The second-order valence-corrected chi connectivity index (χ2v) is 6.96. The number of hydrogen-bond acceptors (Lipinski definition) is 2. The minimum Gasteiger partial charge on any atom is -0.493 e. The first-order chi connectivity index (χ1) is 10.2. The van der Waals surface area contributed by atoms with Gasteiger partial charge in [0.05, 0.1) is 6.61 Å². The molecule has 0 amide bonds. The zero-order chi connectivity index (χ0) is 15.1. The SMILES string of the molecule is CCCOc1ccc(Br)cc1CNC1CCCCC1CC. The molecule has 2 nitrogen and oxygen atoms in total. The van der Waals surface area contributed by atoms with Crippen molar-refractivity contribution in [2.45, 2.75) is 65.0 Å². The summed E-state index contributed by atoms with van der Waals surface area (Å²) in [5.74, 6) is 1.86. The van der Waals surface area contributed by atoms with Crippen molar-refractivity contribution in [1.82, 2.24) is 5.32 Å². The molecule has 2 atom stereocenters. The molecule has 1 aromatic carbocycles. The van der Waals surface area contributed by atoms with E-state index in [2.05, 4.69) is 53.3 Å². The van der Waals surface area contributed by atoms with Gasteiger partial charge in [-0.1, -0.05) is 49.0 Å². The monoisotopic (exact) mass is 353 g/mol. The lowest BCUT2D eigenvalue weighted by atomic mass is 9.83. The summed E-state index contributed by atoms with van der Waals surface area (Å²) < 4.78 is 7.00. The standard InChI is InChI=1S/C18H28BrNO/c1-3-11-21-18-10-9-16(19)12-15(18)13-20-17-8-6-5-7-14(17)4-2/h9-10,12,14,17,20H,3-8,11,13H2,1-2H3. The largest absolute Gasteiger partial charge is 0.493 e. The van der Waals surface area contributed by atoms with Gasteiger partial charge in [0.1, 0.15) is 5.75 Å². The number of nitrogens with one attached hydrogen (secondary N) is 1. The maximum Gasteiger partial charge on any atom is 0.123 e. The maximum absolute atomic E-state index is 5.87. The van der Waals surface area contributed by atoms with Gasteiger partial charge in [0.15, 0.2) is 0 Å². The Balaban J connectivity index is 1.99. The molecule has 3 heteroatoms. The van der Waals surface area contributed by atoms with Crippen LogP contribution in [0.25, 0.3) is 0 Å². The first-order valence-corrected chi connectivity index (χ1v) is 9.18. The Labute approximate surface area is 137 Å². The van der Waals surface area contributed by atoms with Crippen LogP contribution in [0.5, 0.6) is 5.75 Å². The van der Waals surface area contributed by atoms with Crippen molar-refractivity contribution >= 4 is 15.9 Å². The fourth-order valence-electron chi connectivity index (χ4n) is 3.25. The predicted octanol–water partition coefficient (Wildman–Crippen LogP) is 5.30. The third kappa shape index (κ3) is 5.00. The summed E-state index contributed by atoms with van der Waals surface area (Å²) in [4.78, 5) is 0. The summed E-state index contributed by atoms with van der Waals surface area (Å²) >= 11 is 3.57. The van der Waals surface area contributed by atoms with E-state index in [1.54, 1.807) is 0 Å². The molecule has 1 aliphatic rings. The van der Waals surface area contributed by atoms with Crippen molar-refractivity contribution in [3.63, 3.8) is 0 Å². The van der Waals surface area contributed by atoms with Crippen LogP contribution in [0.15, 0.2) is 22.7 Å². The van der Waals surface area contributed by atoms with Gasteiger partial charge in [-0.25, -0.2) is 0 Å². The molecule has 0 aliphatic heterocycles. The highest BCUT2D eigenvalue weighted by Gasteiger charge is 2.23. The number of hydrogen-bond donors (Lipinski definition) is 1. The van der Waals surface area contributed by atoms with Gasteiger partial charge in [-0.15, -0.1) is 0 Å². The van der Waals surface area contributed by atoms with E-state index in [4.69, 9.17) is 4.74 Å². The Morgan fingerprint density at radius 2 is 2.05 bits per heavy atom. The molecular weight excluding hydrogens is 326 g/mol. The molecule has 1 N–H and O–H groups in total. The molecule has 118 valence electrons. The lowest BCUT2D eigenvalue weighted by Crippen LogP contribution is -2.37. The fraction of sp³-hybridized carbons (Fsp3) is 0.667. The van der Waals surface area contributed by atoms with Crippen molar-refractivity contribution in [1.29, 1.82) is 0 Å². The van der Waals surface area contributed by atoms with Crippen molar-refractivity contribution in [3.05, 3.63) is 28.2 Å². The minimum absolute atomic E-state index is 0.668. The maximum atomic E-state index is 5.87. The Bertz CT molecular complexity index is 435. The van der Waals surface area contributed by atoms with E-state index in [1.807, 2.05) is 0 Å². The molecule has 1 aromatic rings. The smallest absolute Gasteiger partial charge is 0.123 e. The molecule has 2 rings (SSSR count). The minimum atomic E-state index is 0.668. The van der Waals surface area contributed by atoms with Gasteiger partial charge < -0.3 is 10.1 Å². The third-order valence-electron chi connectivity index (χ3n) is 4.47. The van der Waals surface area contributed by atoms with E-state index in [1.165, 1.54) is 37.7 Å². The topological polar surface area (TPSA) is 21.3 Å². The molecule has 0 heterocycles. The fourth-order valence-corrected chi connectivity index (χ4v) is 3.65. The van der Waals surface area contributed by atoms with Crippen LogP contribution in [0.2, 0.25) is 0 Å². The van der Waals surface area contributed by atoms with Crippen LogP contribution in [0.4, 0.5) is 0 Å². The summed E-state index contributed by atoms with van der Waals surface area (Å²) in [5.41, 5.74) is 1.26. The van der Waals surface area contributed by atoms with Crippen LogP contribution < -0.4 is 10.1 Å². The quantitative estimate of drug-likeness (QED) is 0.718. The molecule has 1 fully saturated rings. The summed E-state index contributed by atoms with van der Waals surface area (Å²) in [6.45, 7) is 6.15. The molecule has 0 aromatic heterocycles. The van der Waals surface area contributed by atoms with Gasteiger partial charge in [-0.05, 0) is 43.4 Å². The van der Waals surface area contributed by atoms with Gasteiger partial charge >= 0.3 is 0 Å². The lowest BCUT2D eigenvalue weighted by molar-refractivity contribution is 0.252. The van der Waals surface area contributed by atoms with Crippen molar-refractivity contribution in [2.75, 3.05) is 6.61 Å². The lowest BCUT2D eigenvalue weighted by Gasteiger charge is -2.32. The van der Waals surface area contributed by atoms with Crippen molar-refractivity contribution < 1.29 is 4.74 Å². The summed E-state index contributed by atoms with van der Waals surface area (Å²) in [5, 5.41) is 3.78. The zero-order valence-electron chi connectivity index (χ0n) is 13.3. The van der Waals surface area contributed by atoms with Crippen LogP contribution in [0, 0.1) is 5.92 Å². The van der Waals surface area contributed by atoms with Crippen LogP contribution in [0.1, 0.15) is 57.9 Å². The summed E-state index contributed by atoms with van der Waals surface area (Å²) in [7, 11) is 0. The Hall–Kier alpha value is -0.540. The van der Waals surface area contributed by atoms with Gasteiger partial charge in [-0.3, -0.25) is 0 Å². The van der Waals surface area contributed by atoms with Gasteiger partial charge in [0.2, 0.25) is 0 Å². The predicted molar refractivity (Wildman–Crippen MR) is 92.8 cm³/mol. The molecule has 1 saturated carbocycles. The molecule has 0 radical (unpaired) electrons. The molecule has 2 unspecified atom stereocenters. The second-order valence-electron chi connectivity index (χ2n) is 6.04. The first-order valence-electron chi connectivity index (χ1n) is 8.39. The Morgan fingerprint density at radius 3 is 2.81 bits per heavy atom. The normalized spacial score (nSPS) is 22.2. The van der Waals surface area contributed by atoms with E-state index in [9.17, 15) is 0 Å². The number of halogens is 1. The molecule has 1 aliphatic carbocycles. The van der Waals surface area contributed by atoms with E-state index in [0.717, 1.165) is 35.7 Å². The number of rotatable bonds is 7. The van der Waals surface area contributed by atoms with Gasteiger partial charge in [-0.2, -0.15) is 0 Å². The summed E-state index contributed by atoms with van der Waals surface area (Å²) in [6, 6.07) is 6.99. The second kappa shape index (κ2) is 8.79. The van der Waals surface area contributed by atoms with Crippen molar-refractivity contribution in [2.24, 2.45) is 5.92 Å². The number of ether oxygens (including phenoxy) is 1. The zero-order valence-corrected chi connectivity index (χ0v) is 14.9. The van der Waals surface area contributed by atoms with Gasteiger partial charge in [0.25, 0.3) is 0 Å². The molecule has 21 heavy (non-hydrogen) atoms. The average Bonchev–Trinajstić information content (AvgIpc) is 2.52. The highest BCUT2D eigenvalue weighted by molar-refractivity contribution is 9.10. The van der Waals surface area contributed by atoms with Crippen LogP contribution in [-0.4, -0.2) is 12.6 Å². The van der Waals surface area contributed by atoms with Crippen LogP contribution >= 0.6 is 15.9 Å². The average molecular weight is 354 g/mol. The van der Waals surface area contributed by atoms with Crippen LogP contribution in [-0.2, 0) is 6.54 Å². The highest BCUT2D eigenvalue weighted by Crippen LogP contribution is 2.28. The Kier molecular flexibility index (Phi) is 7.05. The van der Waals surface area contributed by atoms with E-state index in [-0.39, 0.29) is 0 Å². The van der Waals surface area contributed by atoms with E-state index >= 15 is 0 Å². The first kappa shape index (κ1) is 16.8. The Morgan fingerprint density at radius 1 is 1.24 bits per heavy atom. The number of benzene rings is 1. The summed E-state index contributed by atoms with van der Waals surface area (Å²) in [6.07, 6.45) is 7.80. The molecule has 0 saturated heterocycles. The molecular formula is C18H28BrNO. The third-order valence-corrected chi connectivity index (χ3v) is 4.97. The van der Waals surface area contributed by atoms with Gasteiger partial charge in [0, 0.05) is 22.6 Å². The van der Waals surface area contributed by atoms with E-state index in [0.29, 0.717) is 6.04 Å².